The molecular formula is C14H31N3O2S. The second-order valence-electron chi connectivity index (χ2n) is 5.54. The van der Waals surface area contributed by atoms with E-state index in [1.54, 1.807) is 4.31 Å². The van der Waals surface area contributed by atoms with Crippen LogP contribution in [-0.2, 0) is 10.0 Å². The molecule has 0 radical (unpaired) electrons. The molecule has 6 heteroatoms. The maximum atomic E-state index is 12.5. The van der Waals surface area contributed by atoms with Crippen LogP contribution < -0.4 is 5.32 Å². The van der Waals surface area contributed by atoms with Crippen LogP contribution in [0.5, 0.6) is 0 Å². The highest BCUT2D eigenvalue weighted by molar-refractivity contribution is 7.89. The lowest BCUT2D eigenvalue weighted by Gasteiger charge is -2.29. The summed E-state index contributed by atoms with van der Waals surface area (Å²) in [6, 6.07) is 0. The zero-order valence-corrected chi connectivity index (χ0v) is 14.1. The van der Waals surface area contributed by atoms with E-state index in [9.17, 15) is 8.42 Å². The van der Waals surface area contributed by atoms with Gasteiger partial charge in [-0.15, -0.1) is 0 Å². The number of piperazine rings is 1. The van der Waals surface area contributed by atoms with Crippen LogP contribution in [0.25, 0.3) is 0 Å². The molecule has 5 nitrogen and oxygen atoms in total. The zero-order valence-electron chi connectivity index (χ0n) is 13.3. The number of nitrogens with one attached hydrogen (secondary N) is 1. The van der Waals surface area contributed by atoms with Gasteiger partial charge < -0.3 is 5.32 Å². The van der Waals surface area contributed by atoms with Crippen molar-refractivity contribution in [2.45, 2.75) is 33.6 Å². The zero-order chi connectivity index (χ0) is 15.0. The molecule has 0 atom stereocenters. The first-order valence-electron chi connectivity index (χ1n) is 7.94. The molecule has 0 aliphatic carbocycles. The SMILES string of the molecule is CCC(CC)CN(CC)S(=O)(=O)CCN1CCNCC1. The smallest absolute Gasteiger partial charge is 0.215 e. The molecule has 1 aliphatic rings. The van der Waals surface area contributed by atoms with E-state index in [4.69, 9.17) is 0 Å². The van der Waals surface area contributed by atoms with Gasteiger partial charge in [-0.25, -0.2) is 12.7 Å². The summed E-state index contributed by atoms with van der Waals surface area (Å²) >= 11 is 0. The third kappa shape index (κ3) is 5.68. The van der Waals surface area contributed by atoms with Gasteiger partial charge in [0, 0.05) is 45.8 Å². The third-order valence-corrected chi connectivity index (χ3v) is 6.13. The summed E-state index contributed by atoms with van der Waals surface area (Å²) < 4.78 is 26.6. The van der Waals surface area contributed by atoms with Gasteiger partial charge in [0.15, 0.2) is 0 Å². The number of rotatable bonds is 9. The first-order valence-corrected chi connectivity index (χ1v) is 9.55. The van der Waals surface area contributed by atoms with Crippen LogP contribution in [0.4, 0.5) is 0 Å². The molecule has 0 saturated carbocycles. The summed E-state index contributed by atoms with van der Waals surface area (Å²) in [5.74, 6) is 0.727. The maximum absolute atomic E-state index is 12.5. The molecule has 0 unspecified atom stereocenters. The van der Waals surface area contributed by atoms with E-state index in [0.29, 0.717) is 25.6 Å². The number of hydrogen-bond acceptors (Lipinski definition) is 4. The Morgan fingerprint density at radius 3 is 2.25 bits per heavy atom. The first kappa shape index (κ1) is 17.9. The van der Waals surface area contributed by atoms with Crippen LogP contribution in [0, 0.1) is 5.92 Å². The summed E-state index contributed by atoms with van der Waals surface area (Å²) in [4.78, 5) is 2.24. The molecule has 1 aliphatic heterocycles. The van der Waals surface area contributed by atoms with Gasteiger partial charge in [0.05, 0.1) is 5.75 Å². The van der Waals surface area contributed by atoms with Gasteiger partial charge in [-0.3, -0.25) is 4.90 Å². The molecule has 0 aromatic heterocycles. The summed E-state index contributed by atoms with van der Waals surface area (Å²) in [6.07, 6.45) is 2.08. The highest BCUT2D eigenvalue weighted by Gasteiger charge is 2.23. The Hall–Kier alpha value is -0.170. The van der Waals surface area contributed by atoms with E-state index < -0.39 is 10.0 Å². The van der Waals surface area contributed by atoms with Crippen molar-refractivity contribution in [3.63, 3.8) is 0 Å². The van der Waals surface area contributed by atoms with Crippen molar-refractivity contribution in [2.75, 3.05) is 51.6 Å². The van der Waals surface area contributed by atoms with E-state index in [1.807, 2.05) is 6.92 Å². The summed E-state index contributed by atoms with van der Waals surface area (Å²) in [5.41, 5.74) is 0. The lowest BCUT2D eigenvalue weighted by molar-refractivity contribution is 0.251. The molecule has 1 heterocycles. The standard InChI is InChI=1S/C14H31N3O2S/c1-4-14(5-2)13-17(6-3)20(18,19)12-11-16-9-7-15-8-10-16/h14-15H,4-13H2,1-3H3. The first-order chi connectivity index (χ1) is 9.53. The minimum Gasteiger partial charge on any atom is -0.314 e. The van der Waals surface area contributed by atoms with E-state index in [-0.39, 0.29) is 5.75 Å². The Balaban J connectivity index is 2.50. The molecule has 0 spiro atoms. The summed E-state index contributed by atoms with van der Waals surface area (Å²) in [6.45, 7) is 12.0. The fourth-order valence-electron chi connectivity index (χ4n) is 2.58. The van der Waals surface area contributed by atoms with E-state index in [1.165, 1.54) is 0 Å². The van der Waals surface area contributed by atoms with Gasteiger partial charge in [-0.05, 0) is 5.92 Å². The topological polar surface area (TPSA) is 52.7 Å². The van der Waals surface area contributed by atoms with Gasteiger partial charge in [-0.1, -0.05) is 33.6 Å². The lowest BCUT2D eigenvalue weighted by atomic mass is 10.0. The quantitative estimate of drug-likeness (QED) is 0.690. The van der Waals surface area contributed by atoms with Crippen LogP contribution in [0.2, 0.25) is 0 Å². The van der Waals surface area contributed by atoms with E-state index in [2.05, 4.69) is 24.1 Å². The van der Waals surface area contributed by atoms with Crippen molar-refractivity contribution >= 4 is 10.0 Å². The van der Waals surface area contributed by atoms with Crippen molar-refractivity contribution in [1.82, 2.24) is 14.5 Å². The Bertz CT molecular complexity index is 349. The molecule has 1 N–H and O–H groups in total. The number of sulfonamides is 1. The highest BCUT2D eigenvalue weighted by atomic mass is 32.2. The average molecular weight is 305 g/mol. The maximum Gasteiger partial charge on any atom is 0.215 e. The molecule has 0 aromatic rings. The normalized spacial score (nSPS) is 18.1. The Morgan fingerprint density at radius 2 is 1.75 bits per heavy atom. The van der Waals surface area contributed by atoms with Gasteiger partial charge in [-0.2, -0.15) is 0 Å². The molecule has 20 heavy (non-hydrogen) atoms. The van der Waals surface area contributed by atoms with Gasteiger partial charge in [0.1, 0.15) is 0 Å². The molecule has 1 saturated heterocycles. The van der Waals surface area contributed by atoms with Crippen LogP contribution >= 0.6 is 0 Å². The second kappa shape index (κ2) is 8.97. The van der Waals surface area contributed by atoms with Crippen molar-refractivity contribution in [1.29, 1.82) is 0 Å². The summed E-state index contributed by atoms with van der Waals surface area (Å²) in [5, 5.41) is 3.29. The Kier molecular flexibility index (Phi) is 8.02. The number of nitrogens with zero attached hydrogens (tertiary/aromatic N) is 2. The van der Waals surface area contributed by atoms with Crippen molar-refractivity contribution < 1.29 is 8.42 Å². The van der Waals surface area contributed by atoms with E-state index in [0.717, 1.165) is 39.0 Å². The molecule has 0 aromatic carbocycles. The number of hydrogen-bond donors (Lipinski definition) is 1. The monoisotopic (exact) mass is 305 g/mol. The molecule has 1 rings (SSSR count). The summed E-state index contributed by atoms with van der Waals surface area (Å²) in [7, 11) is -3.12. The van der Waals surface area contributed by atoms with Gasteiger partial charge >= 0.3 is 0 Å². The predicted octanol–water partition coefficient (Wildman–Crippen LogP) is 0.980. The fraction of sp³-hybridized carbons (Fsp3) is 1.00. The Morgan fingerprint density at radius 1 is 1.15 bits per heavy atom. The van der Waals surface area contributed by atoms with Crippen molar-refractivity contribution in [3.05, 3.63) is 0 Å². The van der Waals surface area contributed by atoms with Gasteiger partial charge in [0.25, 0.3) is 0 Å². The van der Waals surface area contributed by atoms with Gasteiger partial charge in [0.2, 0.25) is 10.0 Å². The van der Waals surface area contributed by atoms with Crippen molar-refractivity contribution in [3.8, 4) is 0 Å². The average Bonchev–Trinajstić information content (AvgIpc) is 2.47. The molecule has 1 fully saturated rings. The lowest BCUT2D eigenvalue weighted by Crippen LogP contribution is -2.46. The largest absolute Gasteiger partial charge is 0.314 e. The predicted molar refractivity (Wildman–Crippen MR) is 84.4 cm³/mol. The molecule has 120 valence electrons. The van der Waals surface area contributed by atoms with Crippen LogP contribution in [0.15, 0.2) is 0 Å². The third-order valence-electron chi connectivity index (χ3n) is 4.24. The molecule has 0 amide bonds. The van der Waals surface area contributed by atoms with Crippen LogP contribution in [0.1, 0.15) is 33.6 Å². The minimum absolute atomic E-state index is 0.251. The molecular weight excluding hydrogens is 274 g/mol. The van der Waals surface area contributed by atoms with Crippen molar-refractivity contribution in [2.24, 2.45) is 5.92 Å². The second-order valence-corrected chi connectivity index (χ2v) is 7.63. The van der Waals surface area contributed by atoms with Crippen LogP contribution in [0.3, 0.4) is 0 Å². The Labute approximate surface area is 124 Å². The highest BCUT2D eigenvalue weighted by Crippen LogP contribution is 2.13. The molecule has 0 bridgehead atoms. The van der Waals surface area contributed by atoms with E-state index >= 15 is 0 Å². The minimum atomic E-state index is -3.12. The fourth-order valence-corrected chi connectivity index (χ4v) is 4.16. The van der Waals surface area contributed by atoms with Crippen LogP contribution in [-0.4, -0.2) is 69.2 Å².